The van der Waals surface area contributed by atoms with Crippen molar-refractivity contribution in [1.82, 2.24) is 30.7 Å². The second kappa shape index (κ2) is 67.7. The summed E-state index contributed by atoms with van der Waals surface area (Å²) < 4.78 is 90.6. The Hall–Kier alpha value is -11.2. The third-order valence-electron chi connectivity index (χ3n) is 24.5. The number of nitrogens with one attached hydrogen (secondary N) is 3. The fraction of sp³-hybridized carbons (Fsp3) is 0.620. The Morgan fingerprint density at radius 2 is 0.769 bits per heavy atom. The van der Waals surface area contributed by atoms with Gasteiger partial charge in [0.15, 0.2) is 47.0 Å². The number of carbonyl (C=O) groups is 13. The Morgan fingerprint density at radius 1 is 0.422 bits per heavy atom. The van der Waals surface area contributed by atoms with E-state index in [0.29, 0.717) is 147 Å². The maximum absolute atomic E-state index is 14.5. The SMILES string of the molecule is C.C.C.C.C.C.COCCOCCC(=O)C[C@H](C(=O)N[C@@H](C)C(=O)Cc1ccc(COC(=O)N2c3cc(OCCCCCOc4cc5c(cc4OC)C(=O)N4C=C(C)C[C@H]4[C@H](O)N5C(=O)OCc4ccc(CC(=O)[C@H](C)NC(=O)[C@@H](CC(=O)CCOCCOCCOCCOCCOCCOCCOCCOCCNC(=O)CCN5C(=O)CC(C)C5=O)C(C)C)cc4)c(OC)cc3C(=O)N3C=C(C)C[C@H]3[C@@H]2O)cc1)C(C)C. The number of hydrogen-bond acceptors (Lipinski definition) is 31. The van der Waals surface area contributed by atoms with Crippen molar-refractivity contribution in [3.8, 4) is 23.0 Å². The molecule has 0 aromatic heterocycles. The molecule has 9 atom stereocenters. The van der Waals surface area contributed by atoms with E-state index >= 15 is 0 Å². The van der Waals surface area contributed by atoms with Crippen LogP contribution in [0.3, 0.4) is 0 Å². The Labute approximate surface area is 868 Å². The molecule has 1 fully saturated rings. The lowest BCUT2D eigenvalue weighted by molar-refractivity contribution is -0.139. The van der Waals surface area contributed by atoms with E-state index in [-0.39, 0.29) is 272 Å². The highest BCUT2D eigenvalue weighted by molar-refractivity contribution is 6.08. The molecule has 0 bridgehead atoms. The van der Waals surface area contributed by atoms with Gasteiger partial charge in [0, 0.05) is 114 Å². The van der Waals surface area contributed by atoms with Gasteiger partial charge in [0.05, 0.1) is 200 Å². The molecule has 4 aromatic rings. The number of carbonyl (C=O) groups excluding carboxylic acids is 13. The van der Waals surface area contributed by atoms with Crippen molar-refractivity contribution < 1.29 is 148 Å². The maximum atomic E-state index is 14.5. The summed E-state index contributed by atoms with van der Waals surface area (Å²) >= 11 is 0. The van der Waals surface area contributed by atoms with Crippen molar-refractivity contribution in [2.24, 2.45) is 29.6 Å². The zero-order chi connectivity index (χ0) is 102. The number of ketones is 4. The molecule has 0 radical (unpaired) electrons. The normalized spacial score (nSPS) is 16.8. The van der Waals surface area contributed by atoms with Crippen molar-refractivity contribution in [3.63, 3.8) is 0 Å². The molecule has 9 amide bonds. The molecule has 5 heterocycles. The highest BCUT2D eigenvalue weighted by atomic mass is 16.6. The number of rotatable bonds is 66. The smallest absolute Gasteiger partial charge is 0.416 e. The summed E-state index contributed by atoms with van der Waals surface area (Å²) in [6.07, 6.45) is 0.517. The van der Waals surface area contributed by atoms with Crippen LogP contribution in [0.4, 0.5) is 21.0 Å². The Balaban J connectivity index is 0.00000925. The minimum atomic E-state index is -1.59. The van der Waals surface area contributed by atoms with Gasteiger partial charge < -0.3 is 112 Å². The van der Waals surface area contributed by atoms with Gasteiger partial charge in [0.2, 0.25) is 29.5 Å². The van der Waals surface area contributed by atoms with Gasteiger partial charge >= 0.3 is 12.2 Å². The average molecular weight is 2070 g/mol. The van der Waals surface area contributed by atoms with Crippen molar-refractivity contribution in [2.75, 3.05) is 183 Å². The Kier molecular flexibility index (Phi) is 59.8. The number of unbranched alkanes of at least 4 members (excludes halogenated alkanes) is 2. The molecule has 1 unspecified atom stereocenters. The molecule has 147 heavy (non-hydrogen) atoms. The number of ether oxygens (including phenoxy) is 16. The van der Waals surface area contributed by atoms with Gasteiger partial charge in [-0.05, 0) is 106 Å². The lowest BCUT2D eigenvalue weighted by atomic mass is 9.88. The van der Waals surface area contributed by atoms with Crippen LogP contribution in [0, 0.1) is 29.6 Å². The predicted octanol–water partition coefficient (Wildman–Crippen LogP) is 12.5. The number of fused-ring (bicyclic) bond motifs is 4. The number of likely N-dealkylation sites (tertiary alicyclic amines) is 1. The quantitative estimate of drug-likeness (QED) is 0.0202. The van der Waals surface area contributed by atoms with Gasteiger partial charge in [0.25, 0.3) is 11.8 Å². The van der Waals surface area contributed by atoms with Crippen LogP contribution < -0.4 is 44.7 Å². The highest BCUT2D eigenvalue weighted by Crippen LogP contribution is 2.45. The topological polar surface area (TPSA) is 462 Å². The molecule has 39 nitrogen and oxygen atoms in total. The Bertz CT molecular complexity index is 4860. The van der Waals surface area contributed by atoms with Gasteiger partial charge in [-0.2, -0.15) is 0 Å². The van der Waals surface area contributed by atoms with Crippen LogP contribution >= 0.6 is 0 Å². The Morgan fingerprint density at radius 3 is 1.11 bits per heavy atom. The molecular formula is C108H166N8O31. The summed E-state index contributed by atoms with van der Waals surface area (Å²) in [4.78, 5) is 180. The molecular weight excluding hydrogens is 1910 g/mol. The van der Waals surface area contributed by atoms with Crippen LogP contribution in [0.25, 0.3) is 0 Å². The van der Waals surface area contributed by atoms with Crippen LogP contribution in [0.2, 0.25) is 0 Å². The van der Waals surface area contributed by atoms with E-state index in [1.165, 1.54) is 48.3 Å². The molecule has 5 aliphatic heterocycles. The third kappa shape index (κ3) is 40.3. The van der Waals surface area contributed by atoms with Gasteiger partial charge in [-0.3, -0.25) is 57.6 Å². The van der Waals surface area contributed by atoms with E-state index in [1.807, 2.05) is 41.5 Å². The standard InChI is InChI=1S/C102H142N8O31.6CH4/c1-65(2)78(55-76(111)25-31-129-35-34-126-10)94(117)104-70(8)86(113)53-72-16-20-74(21-17-72)63-140-101(124)109-82-59-90(88(127-11)57-80(82)97(120)107-61-67(5)50-84(107)99(109)122)138-29-14-13-15-30-139-91-60-83-81(58-89(91)128-12)98(121)108-62-68(6)51-85(108)100(123)110(83)102(125)141-64-75-22-18-73(19-23-75)54-87(114)71(9)105-95(118)79(66(3)4)56-77(112)26-32-130-36-38-132-40-42-134-44-46-136-48-49-137-47-45-135-43-41-133-39-37-131-33-27-103-92(115)24-28-106-93(116)52-69(7)96(106)119;;;;;;/h16-23,57-62,65-66,69-71,78-79,84-85,99-100,122-123H,13-15,24-56,63-64H2,1-12H3,(H,103,115)(H,104,117)(H,105,118);6*1H4/t69?,70-,71-,78-,79-,84-,85-,99-,100-;;;;;;/m0....../s1. The third-order valence-corrected chi connectivity index (χ3v) is 24.5. The molecule has 0 saturated carbocycles. The van der Waals surface area contributed by atoms with Gasteiger partial charge in [-0.25, -0.2) is 19.4 Å². The van der Waals surface area contributed by atoms with Gasteiger partial charge in [-0.15, -0.1) is 0 Å². The maximum Gasteiger partial charge on any atom is 0.416 e. The lowest BCUT2D eigenvalue weighted by Gasteiger charge is -2.31. The van der Waals surface area contributed by atoms with Crippen LogP contribution in [-0.2, 0) is 126 Å². The molecule has 4 aromatic carbocycles. The van der Waals surface area contributed by atoms with E-state index in [1.54, 1.807) is 88.8 Å². The molecule has 824 valence electrons. The second-order valence-electron chi connectivity index (χ2n) is 36.1. The number of hydrogen-bond donors (Lipinski definition) is 5. The van der Waals surface area contributed by atoms with Crippen molar-refractivity contribution in [3.05, 3.63) is 130 Å². The van der Waals surface area contributed by atoms with Crippen LogP contribution in [0.15, 0.2) is 96.3 Å². The van der Waals surface area contributed by atoms with Crippen molar-refractivity contribution in [2.45, 2.75) is 240 Å². The zero-order valence-electron chi connectivity index (χ0n) is 83.3. The van der Waals surface area contributed by atoms with Crippen LogP contribution in [-0.4, -0.2) is 311 Å². The number of aliphatic hydroxyl groups is 2. The monoisotopic (exact) mass is 2070 g/mol. The summed E-state index contributed by atoms with van der Waals surface area (Å²) in [6, 6.07) is 15.9. The summed E-state index contributed by atoms with van der Waals surface area (Å²) in [5.74, 6) is -4.76. The molecule has 9 rings (SSSR count). The number of anilines is 2. The number of methoxy groups -OCH3 is 3. The molecule has 39 heteroatoms. The molecule has 1 saturated heterocycles. The van der Waals surface area contributed by atoms with Crippen LogP contribution in [0.1, 0.15) is 220 Å². The summed E-state index contributed by atoms with van der Waals surface area (Å²) in [5, 5.41) is 32.5. The number of aliphatic hydroxyl groups excluding tert-OH is 2. The largest absolute Gasteiger partial charge is 0.493 e. The molecule has 0 spiro atoms. The summed E-state index contributed by atoms with van der Waals surface area (Å²) in [6.45, 7) is 22.4. The summed E-state index contributed by atoms with van der Waals surface area (Å²) in [7, 11) is 4.37. The van der Waals surface area contributed by atoms with E-state index in [9.17, 15) is 72.5 Å². The lowest BCUT2D eigenvalue weighted by Crippen LogP contribution is -2.50. The van der Waals surface area contributed by atoms with Gasteiger partial charge in [0.1, 0.15) is 24.8 Å². The number of Topliss-reactive ketones (excluding diaryl/α,β-unsaturated/α-hetero) is 4. The minimum Gasteiger partial charge on any atom is -0.493 e. The predicted molar refractivity (Wildman–Crippen MR) is 553 cm³/mol. The minimum absolute atomic E-state index is 0. The first kappa shape index (κ1) is 130. The second-order valence-corrected chi connectivity index (χ2v) is 36.1. The molecule has 0 aliphatic carbocycles. The average Bonchev–Trinajstić information content (AvgIpc) is 1.61. The number of benzene rings is 4. The van der Waals surface area contributed by atoms with E-state index < -0.39 is 84.3 Å². The molecule has 5 aliphatic rings. The first-order chi connectivity index (χ1) is 67.8. The van der Waals surface area contributed by atoms with Crippen molar-refractivity contribution >= 4 is 88.0 Å². The van der Waals surface area contributed by atoms with Crippen LogP contribution in [0.5, 0.6) is 23.0 Å². The number of nitrogens with zero attached hydrogens (tertiary/aromatic N) is 5. The number of amides is 9. The van der Waals surface area contributed by atoms with Crippen molar-refractivity contribution in [1.29, 1.82) is 0 Å². The van der Waals surface area contributed by atoms with E-state index in [0.717, 1.165) is 25.8 Å². The fourth-order valence-electron chi connectivity index (χ4n) is 16.3. The first-order valence-corrected chi connectivity index (χ1v) is 48.4. The zero-order valence-corrected chi connectivity index (χ0v) is 83.3. The van der Waals surface area contributed by atoms with E-state index in [2.05, 4.69) is 16.0 Å². The summed E-state index contributed by atoms with van der Waals surface area (Å²) in [5.41, 5.74) is 4.01. The van der Waals surface area contributed by atoms with E-state index in [4.69, 9.17) is 75.8 Å². The fourth-order valence-corrected chi connectivity index (χ4v) is 16.3. The molecule has 5 N–H and O–H groups in total. The van der Waals surface area contributed by atoms with Gasteiger partial charge in [-0.1, -0.05) is 139 Å². The number of imide groups is 1. The highest BCUT2D eigenvalue weighted by Gasteiger charge is 2.48. The first-order valence-electron chi connectivity index (χ1n) is 48.4.